The van der Waals surface area contributed by atoms with Gasteiger partial charge < -0.3 is 45.2 Å². The number of aliphatic hydroxyl groups is 1. The number of hydrogen-bond acceptors (Lipinski definition) is 18. The van der Waals surface area contributed by atoms with Crippen molar-refractivity contribution in [1.82, 2.24) is 35.7 Å². The molecule has 3 aliphatic heterocycles. The Labute approximate surface area is 523 Å². The number of aromatic nitrogens is 2. The number of imide groups is 1. The number of rotatable bonds is 32. The third-order valence-electron chi connectivity index (χ3n) is 16.5. The fourth-order valence-corrected chi connectivity index (χ4v) is 11.7. The lowest BCUT2D eigenvalue weighted by molar-refractivity contribution is -0.172. The molecule has 8 rings (SSSR count). The van der Waals surface area contributed by atoms with E-state index in [-0.39, 0.29) is 119 Å². The van der Waals surface area contributed by atoms with E-state index in [0.717, 1.165) is 28.2 Å². The number of amides is 6. The molecule has 0 saturated carbocycles. The number of aryl methyl sites for hydroxylation is 1. The lowest BCUT2D eigenvalue weighted by Crippen LogP contribution is -2.44. The number of carbonyl (C=O) groups excluding carboxylic acids is 12. The third kappa shape index (κ3) is 16.9. The fourth-order valence-electron chi connectivity index (χ4n) is 11.7. The second kappa shape index (κ2) is 29.8. The monoisotopic (exact) mass is 1260 g/mol. The number of carbonyl (C=O) groups is 12. The number of halogens is 1. The Kier molecular flexibility index (Phi) is 22.2. The van der Waals surface area contributed by atoms with Gasteiger partial charge >= 0.3 is 11.9 Å². The molecular weight excluding hydrogens is 1180 g/mol. The van der Waals surface area contributed by atoms with Gasteiger partial charge in [0.2, 0.25) is 23.6 Å². The van der Waals surface area contributed by atoms with Gasteiger partial charge in [0.25, 0.3) is 17.4 Å². The van der Waals surface area contributed by atoms with E-state index in [4.69, 9.17) is 19.2 Å². The van der Waals surface area contributed by atoms with Crippen LogP contribution >= 0.6 is 0 Å². The van der Waals surface area contributed by atoms with Crippen molar-refractivity contribution in [2.75, 3.05) is 32.8 Å². The summed E-state index contributed by atoms with van der Waals surface area (Å²) in [5, 5.41) is 22.8. The second-order valence-electron chi connectivity index (χ2n) is 24.3. The molecule has 91 heavy (non-hydrogen) atoms. The summed E-state index contributed by atoms with van der Waals surface area (Å²) in [6.07, 6.45) is 1.56. The van der Waals surface area contributed by atoms with Crippen molar-refractivity contribution < 1.29 is 81.2 Å². The Hall–Kier alpha value is -8.97. The van der Waals surface area contributed by atoms with E-state index in [9.17, 15) is 67.4 Å². The first-order valence-electron chi connectivity index (χ1n) is 30.6. The van der Waals surface area contributed by atoms with Gasteiger partial charge in [0.1, 0.15) is 23.8 Å². The van der Waals surface area contributed by atoms with Crippen molar-refractivity contribution >= 4 is 81.4 Å². The molecule has 6 amide bonds. The SMILES string of the molecule is CC[C@@]1(O)C(=O)OCc2c1cc1n(c2=O)Cc2c-1nc1cc(F)c(C)c3c1c2[C@@H](NC(=O)CCCC(=O)CNC(=O)[C@@H](CC(=O)CNC(=O)CCC(=O)[C@H](CC(=O)OC(C)(C)C)NC(=O)CCOCCCC(=O)CCN1C(=O)C=CC1=O)Cc1ccccc1)CC3. The molecule has 4 atom stereocenters. The Morgan fingerprint density at radius 3 is 2.23 bits per heavy atom. The van der Waals surface area contributed by atoms with Crippen LogP contribution in [-0.4, -0.2) is 135 Å². The van der Waals surface area contributed by atoms with Crippen LogP contribution in [0.15, 0.2) is 59.4 Å². The van der Waals surface area contributed by atoms with Crippen molar-refractivity contribution in [2.24, 2.45) is 5.92 Å². The number of Topliss-reactive ketones (excluding diaryl/α,β-unsaturated/α-hetero) is 4. The molecule has 0 bridgehead atoms. The number of nitrogens with one attached hydrogen (secondary N) is 4. The molecule has 1 aliphatic carbocycles. The molecule has 0 unspecified atom stereocenters. The summed E-state index contributed by atoms with van der Waals surface area (Å²) in [7, 11) is 0. The van der Waals surface area contributed by atoms with Crippen molar-refractivity contribution in [1.29, 1.82) is 0 Å². The lowest BCUT2D eigenvalue weighted by Gasteiger charge is -2.31. The largest absolute Gasteiger partial charge is 0.460 e. The van der Waals surface area contributed by atoms with Gasteiger partial charge in [-0.15, -0.1) is 0 Å². The third-order valence-corrected chi connectivity index (χ3v) is 16.5. The Bertz CT molecular complexity index is 3670. The van der Waals surface area contributed by atoms with Gasteiger partial charge in [0.05, 0.1) is 67.2 Å². The number of fused-ring (bicyclic) bond motifs is 5. The summed E-state index contributed by atoms with van der Waals surface area (Å²) in [4.78, 5) is 175. The molecule has 0 saturated heterocycles. The molecule has 5 N–H and O–H groups in total. The van der Waals surface area contributed by atoms with Gasteiger partial charge in [0, 0.05) is 105 Å². The predicted molar refractivity (Wildman–Crippen MR) is 323 cm³/mol. The van der Waals surface area contributed by atoms with Gasteiger partial charge in [-0.2, -0.15) is 0 Å². The molecule has 0 spiro atoms. The molecule has 2 aromatic carbocycles. The van der Waals surface area contributed by atoms with Crippen LogP contribution in [0.4, 0.5) is 4.39 Å². The lowest BCUT2D eigenvalue weighted by atomic mass is 9.81. The summed E-state index contributed by atoms with van der Waals surface area (Å²) >= 11 is 0. The maximum Gasteiger partial charge on any atom is 0.343 e. The number of benzene rings is 2. The van der Waals surface area contributed by atoms with Crippen molar-refractivity contribution in [2.45, 2.75) is 167 Å². The van der Waals surface area contributed by atoms with Crippen LogP contribution in [0.5, 0.6) is 0 Å². The van der Waals surface area contributed by atoms with Gasteiger partial charge in [-0.3, -0.25) is 62.4 Å². The van der Waals surface area contributed by atoms with E-state index in [0.29, 0.717) is 58.2 Å². The molecule has 4 aliphatic rings. The van der Waals surface area contributed by atoms with E-state index in [2.05, 4.69) is 21.3 Å². The minimum absolute atomic E-state index is 0.00739. The molecule has 24 nitrogen and oxygen atoms in total. The Morgan fingerprint density at radius 2 is 1.52 bits per heavy atom. The second-order valence-corrected chi connectivity index (χ2v) is 24.3. The quantitative estimate of drug-likeness (QED) is 0.0230. The number of pyridine rings is 2. The highest BCUT2D eigenvalue weighted by atomic mass is 19.1. The number of nitrogens with zero attached hydrogens (tertiary/aromatic N) is 3. The zero-order valence-electron chi connectivity index (χ0n) is 51.7. The van der Waals surface area contributed by atoms with Gasteiger partial charge in [-0.1, -0.05) is 37.3 Å². The predicted octanol–water partition coefficient (Wildman–Crippen LogP) is 4.06. The normalized spacial score (nSPS) is 16.9. The van der Waals surface area contributed by atoms with E-state index < -0.39 is 126 Å². The van der Waals surface area contributed by atoms with Crippen LogP contribution < -0.4 is 26.8 Å². The highest BCUT2D eigenvalue weighted by molar-refractivity contribution is 6.13. The topological polar surface area (TPSA) is 339 Å². The van der Waals surface area contributed by atoms with Crippen molar-refractivity contribution in [3.63, 3.8) is 0 Å². The zero-order chi connectivity index (χ0) is 65.9. The smallest absolute Gasteiger partial charge is 0.343 e. The Morgan fingerprint density at radius 1 is 0.802 bits per heavy atom. The van der Waals surface area contributed by atoms with Crippen LogP contribution in [0.3, 0.4) is 0 Å². The highest BCUT2D eigenvalue weighted by Gasteiger charge is 2.46. The number of ketones is 4. The highest BCUT2D eigenvalue weighted by Crippen LogP contribution is 2.46. The van der Waals surface area contributed by atoms with Gasteiger partial charge in [-0.05, 0) is 94.5 Å². The maximum atomic E-state index is 15.5. The Balaban J connectivity index is 0.796. The number of ether oxygens (including phenoxy) is 3. The molecule has 25 heteroatoms. The summed E-state index contributed by atoms with van der Waals surface area (Å²) in [6, 6.07) is 9.76. The molecule has 2 aromatic heterocycles. The van der Waals surface area contributed by atoms with Crippen LogP contribution in [0.2, 0.25) is 0 Å². The van der Waals surface area contributed by atoms with Crippen LogP contribution in [0, 0.1) is 18.7 Å². The van der Waals surface area contributed by atoms with Crippen molar-refractivity contribution in [3.8, 4) is 11.4 Å². The van der Waals surface area contributed by atoms with E-state index in [1.807, 2.05) is 0 Å². The van der Waals surface area contributed by atoms with Gasteiger partial charge in [0.15, 0.2) is 23.0 Å². The number of hydrogen-bond donors (Lipinski definition) is 5. The molecule has 5 heterocycles. The first-order valence-corrected chi connectivity index (χ1v) is 30.6. The van der Waals surface area contributed by atoms with E-state index >= 15 is 4.39 Å². The summed E-state index contributed by atoms with van der Waals surface area (Å²) < 4.78 is 33.0. The summed E-state index contributed by atoms with van der Waals surface area (Å²) in [5.74, 6) is -8.13. The number of cyclic esters (lactones) is 1. The first-order chi connectivity index (χ1) is 43.2. The first kappa shape index (κ1) is 68.0. The summed E-state index contributed by atoms with van der Waals surface area (Å²) in [5.41, 5.74) is 1.01. The molecule has 0 radical (unpaired) electrons. The molecule has 484 valence electrons. The average Bonchev–Trinajstić information content (AvgIpc) is 1.63. The summed E-state index contributed by atoms with van der Waals surface area (Å²) in [6.45, 7) is 6.98. The van der Waals surface area contributed by atoms with E-state index in [1.165, 1.54) is 10.6 Å². The van der Waals surface area contributed by atoms with Crippen LogP contribution in [-0.2, 0) is 103 Å². The zero-order valence-corrected chi connectivity index (χ0v) is 51.7. The van der Waals surface area contributed by atoms with Crippen LogP contribution in [0.1, 0.15) is 156 Å². The molecular formula is C66H76FN7O17. The van der Waals surface area contributed by atoms with Crippen molar-refractivity contribution in [3.05, 3.63) is 110 Å². The standard InChI is InChI=1S/C66H76FN7O17/c1-6-66(88)46-30-51-61-44(35-74(51)63(86)45(46)36-90-64(66)87)60-48(18-17-43-37(2)47(67)31-50(72-61)59(43)60)70-54(80)16-10-14-41(76)33-69-62(85)39(28-38-12-8-7-9-13-38)29-42(77)34-68-53(79)20-19-52(78)49(32-58(84)91-65(3,4)5)71-55(81)24-27-89-26-11-15-40(75)23-25-73-56(82)21-22-57(73)83/h7-9,12-13,21-22,30-31,39,48-49,88H,6,10-11,14-20,23-29,32-36H2,1-5H3,(H,68,79)(H,69,85)(H,70,80)(H,71,81)/t39-,48+,49+,66+/m1/s1. The van der Waals surface area contributed by atoms with Crippen LogP contribution in [0.25, 0.3) is 22.3 Å². The van der Waals surface area contributed by atoms with Gasteiger partial charge in [-0.25, -0.2) is 14.2 Å². The average molecular weight is 1260 g/mol. The molecule has 0 fully saturated rings. The fraction of sp³-hybridized carbons (Fsp3) is 0.485. The molecule has 4 aromatic rings. The van der Waals surface area contributed by atoms with E-state index in [1.54, 1.807) is 71.0 Å². The maximum absolute atomic E-state index is 15.5. The minimum Gasteiger partial charge on any atom is -0.460 e. The minimum atomic E-state index is -2.06. The number of esters is 2.